The molecule has 0 aromatic heterocycles. The molecule has 1 N–H and O–H groups in total. The smallest absolute Gasteiger partial charge is 0.118 e. The maximum atomic E-state index is 5.31. The fraction of sp³-hybridized carbons (Fsp3) is 0.136. The fourth-order valence-electron chi connectivity index (χ4n) is 4.25. The van der Waals surface area contributed by atoms with Crippen molar-refractivity contribution in [2.75, 3.05) is 7.11 Å². The van der Waals surface area contributed by atoms with Gasteiger partial charge in [-0.05, 0) is 39.9 Å². The maximum Gasteiger partial charge on any atom is 0.118 e. The van der Waals surface area contributed by atoms with Gasteiger partial charge in [0.1, 0.15) is 17.3 Å². The van der Waals surface area contributed by atoms with Crippen LogP contribution in [-0.4, -0.2) is 13.4 Å². The Morgan fingerprint density at radius 1 is 0.840 bits per heavy atom. The zero-order valence-corrected chi connectivity index (χ0v) is 13.9. The number of ether oxygens (including phenoxy) is 1. The molecular weight excluding hydrogens is 308 g/mol. The third-order valence-electron chi connectivity index (χ3n) is 5.35. The molecule has 3 heteroatoms. The van der Waals surface area contributed by atoms with Gasteiger partial charge in [0.15, 0.2) is 0 Å². The number of hydrogen-bond acceptors (Lipinski definition) is 3. The van der Waals surface area contributed by atoms with Gasteiger partial charge >= 0.3 is 0 Å². The third-order valence-corrected chi connectivity index (χ3v) is 5.35. The van der Waals surface area contributed by atoms with Crippen LogP contribution < -0.4 is 10.1 Å². The first-order valence-corrected chi connectivity index (χ1v) is 8.47. The van der Waals surface area contributed by atoms with E-state index in [2.05, 4.69) is 66.0 Å². The molecule has 0 radical (unpaired) electrons. The van der Waals surface area contributed by atoms with E-state index in [-0.39, 0.29) is 11.6 Å². The first-order chi connectivity index (χ1) is 12.3. The van der Waals surface area contributed by atoms with Crippen molar-refractivity contribution in [3.63, 3.8) is 0 Å². The van der Waals surface area contributed by atoms with Crippen molar-refractivity contribution in [1.29, 1.82) is 0 Å². The van der Waals surface area contributed by atoms with Crippen molar-refractivity contribution in [2.24, 2.45) is 4.99 Å². The Balaban J connectivity index is 1.74. The Kier molecular flexibility index (Phi) is 2.98. The predicted octanol–water partition coefficient (Wildman–Crippen LogP) is 4.29. The standard InChI is InChI=1S/C22H18N2O/c1-25-16-12-10-15(11-13-16)21-22(24-14-23-21)19-8-4-2-6-17(19)18-7-3-5-9-20(18)22/h2-14,21H,1H3,(H,23,24)/t21-/m0/s1. The zero-order chi connectivity index (χ0) is 16.9. The summed E-state index contributed by atoms with van der Waals surface area (Å²) in [4.78, 5) is 4.82. The highest BCUT2D eigenvalue weighted by Gasteiger charge is 2.51. The van der Waals surface area contributed by atoms with Gasteiger partial charge in [-0.3, -0.25) is 4.99 Å². The molecule has 122 valence electrons. The van der Waals surface area contributed by atoms with Gasteiger partial charge in [0.05, 0.1) is 13.4 Å². The van der Waals surface area contributed by atoms with Gasteiger partial charge in [-0.15, -0.1) is 0 Å². The van der Waals surface area contributed by atoms with Gasteiger partial charge in [0.25, 0.3) is 0 Å². The van der Waals surface area contributed by atoms with Crippen LogP contribution in [0, 0.1) is 0 Å². The van der Waals surface area contributed by atoms with E-state index in [1.54, 1.807) is 7.11 Å². The minimum absolute atomic E-state index is 0.0109. The molecular formula is C22H18N2O. The summed E-state index contributed by atoms with van der Waals surface area (Å²) in [6.07, 6.45) is 1.85. The van der Waals surface area contributed by atoms with Crippen LogP contribution in [0.3, 0.4) is 0 Å². The van der Waals surface area contributed by atoms with Crippen LogP contribution in [-0.2, 0) is 5.54 Å². The van der Waals surface area contributed by atoms with Gasteiger partial charge in [-0.25, -0.2) is 0 Å². The number of benzene rings is 3. The molecule has 1 aliphatic heterocycles. The minimum Gasteiger partial charge on any atom is -0.497 e. The lowest BCUT2D eigenvalue weighted by Gasteiger charge is -2.33. The topological polar surface area (TPSA) is 33.6 Å². The zero-order valence-electron chi connectivity index (χ0n) is 13.9. The normalized spacial score (nSPS) is 18.7. The van der Waals surface area contributed by atoms with Crippen molar-refractivity contribution < 1.29 is 4.74 Å². The highest BCUT2D eigenvalue weighted by molar-refractivity contribution is 5.84. The van der Waals surface area contributed by atoms with Gasteiger partial charge in [0.2, 0.25) is 0 Å². The number of nitrogens with one attached hydrogen (secondary N) is 1. The van der Waals surface area contributed by atoms with Crippen molar-refractivity contribution in [3.8, 4) is 16.9 Å². The third kappa shape index (κ3) is 1.84. The molecule has 3 aromatic carbocycles. The Bertz CT molecular complexity index is 930. The van der Waals surface area contributed by atoms with E-state index >= 15 is 0 Å². The molecule has 1 heterocycles. The van der Waals surface area contributed by atoms with E-state index < -0.39 is 0 Å². The quantitative estimate of drug-likeness (QED) is 0.762. The highest BCUT2D eigenvalue weighted by Crippen LogP contribution is 2.55. The van der Waals surface area contributed by atoms with E-state index in [0.29, 0.717) is 0 Å². The SMILES string of the molecule is COc1ccc([C@@H]2N=CNC23c2ccccc2-c2ccccc23)cc1. The van der Waals surface area contributed by atoms with E-state index in [9.17, 15) is 0 Å². The minimum atomic E-state index is -0.345. The van der Waals surface area contributed by atoms with Crippen LogP contribution in [0.2, 0.25) is 0 Å². The second-order valence-corrected chi connectivity index (χ2v) is 6.50. The van der Waals surface area contributed by atoms with E-state index in [4.69, 9.17) is 9.73 Å². The van der Waals surface area contributed by atoms with Crippen LogP contribution in [0.5, 0.6) is 5.75 Å². The van der Waals surface area contributed by atoms with Gasteiger partial charge in [0, 0.05) is 0 Å². The molecule has 3 nitrogen and oxygen atoms in total. The average molecular weight is 326 g/mol. The van der Waals surface area contributed by atoms with Gasteiger partial charge < -0.3 is 10.1 Å². The Labute approximate surface area is 147 Å². The fourth-order valence-corrected chi connectivity index (χ4v) is 4.25. The Morgan fingerprint density at radius 3 is 2.04 bits per heavy atom. The van der Waals surface area contributed by atoms with Crippen molar-refractivity contribution >= 4 is 6.34 Å². The van der Waals surface area contributed by atoms with E-state index in [1.165, 1.54) is 27.8 Å². The molecule has 1 spiro atoms. The molecule has 0 fully saturated rings. The Morgan fingerprint density at radius 2 is 1.44 bits per heavy atom. The number of fused-ring (bicyclic) bond motifs is 5. The summed E-state index contributed by atoms with van der Waals surface area (Å²) >= 11 is 0. The number of methoxy groups -OCH3 is 1. The molecule has 0 amide bonds. The van der Waals surface area contributed by atoms with Crippen LogP contribution in [0.1, 0.15) is 22.7 Å². The van der Waals surface area contributed by atoms with Crippen LogP contribution >= 0.6 is 0 Å². The van der Waals surface area contributed by atoms with E-state index in [1.807, 2.05) is 18.5 Å². The number of aliphatic imine (C=N–C) groups is 1. The molecule has 0 saturated carbocycles. The monoisotopic (exact) mass is 326 g/mol. The molecule has 25 heavy (non-hydrogen) atoms. The summed E-state index contributed by atoms with van der Waals surface area (Å²) in [5.41, 5.74) is 5.98. The summed E-state index contributed by atoms with van der Waals surface area (Å²) in [7, 11) is 1.69. The number of hydrogen-bond donors (Lipinski definition) is 1. The predicted molar refractivity (Wildman–Crippen MR) is 100 cm³/mol. The first-order valence-electron chi connectivity index (χ1n) is 8.47. The summed E-state index contributed by atoms with van der Waals surface area (Å²) in [5, 5.41) is 3.60. The van der Waals surface area contributed by atoms with Crippen LogP contribution in [0.15, 0.2) is 77.8 Å². The highest BCUT2D eigenvalue weighted by atomic mass is 16.5. The number of rotatable bonds is 2. The summed E-state index contributed by atoms with van der Waals surface area (Å²) in [6.45, 7) is 0. The van der Waals surface area contributed by atoms with Crippen molar-refractivity contribution in [1.82, 2.24) is 5.32 Å². The molecule has 1 aliphatic carbocycles. The number of nitrogens with zero attached hydrogens (tertiary/aromatic N) is 1. The lowest BCUT2D eigenvalue weighted by molar-refractivity contribution is 0.412. The first kappa shape index (κ1) is 14.3. The molecule has 3 aromatic rings. The molecule has 1 atom stereocenters. The molecule has 2 aliphatic rings. The Hall–Kier alpha value is -3.07. The molecule has 0 bridgehead atoms. The molecule has 0 unspecified atom stereocenters. The van der Waals surface area contributed by atoms with Crippen molar-refractivity contribution in [3.05, 3.63) is 89.5 Å². The molecule has 5 rings (SSSR count). The maximum absolute atomic E-state index is 5.31. The van der Waals surface area contributed by atoms with Crippen LogP contribution in [0.25, 0.3) is 11.1 Å². The van der Waals surface area contributed by atoms with Crippen LogP contribution in [0.4, 0.5) is 0 Å². The largest absolute Gasteiger partial charge is 0.497 e. The average Bonchev–Trinajstić information content (AvgIpc) is 3.25. The lowest BCUT2D eigenvalue weighted by Crippen LogP contribution is -2.41. The van der Waals surface area contributed by atoms with Gasteiger partial charge in [-0.1, -0.05) is 60.7 Å². The second-order valence-electron chi connectivity index (χ2n) is 6.50. The summed E-state index contributed by atoms with van der Waals surface area (Å²) in [6, 6.07) is 25.5. The molecule has 0 saturated heterocycles. The summed E-state index contributed by atoms with van der Waals surface area (Å²) < 4.78 is 5.31. The van der Waals surface area contributed by atoms with Crippen molar-refractivity contribution in [2.45, 2.75) is 11.6 Å². The lowest BCUT2D eigenvalue weighted by atomic mass is 9.78. The van der Waals surface area contributed by atoms with E-state index in [0.717, 1.165) is 5.75 Å². The van der Waals surface area contributed by atoms with Gasteiger partial charge in [-0.2, -0.15) is 0 Å². The summed E-state index contributed by atoms with van der Waals surface area (Å²) in [5.74, 6) is 0.861. The second kappa shape index (κ2) is 5.21.